The Morgan fingerprint density at radius 1 is 1.45 bits per heavy atom. The van der Waals surface area contributed by atoms with Crippen LogP contribution in [0, 0.1) is 0 Å². The van der Waals surface area contributed by atoms with Crippen LogP contribution < -0.4 is 5.32 Å². The molecule has 2 N–H and O–H groups in total. The molecule has 1 aromatic carbocycles. The summed E-state index contributed by atoms with van der Waals surface area (Å²) in [7, 11) is 0. The highest BCUT2D eigenvalue weighted by Gasteiger charge is 2.39. The molecule has 0 aromatic heterocycles. The average molecular weight is 291 g/mol. The number of hydrogen-bond donors (Lipinski definition) is 2. The first-order chi connectivity index (χ1) is 9.69. The molecular formula is C16H21NO2S. The minimum absolute atomic E-state index is 0.189. The third-order valence-electron chi connectivity index (χ3n) is 4.43. The van der Waals surface area contributed by atoms with E-state index in [1.165, 1.54) is 17.5 Å². The van der Waals surface area contributed by atoms with E-state index in [0.29, 0.717) is 24.6 Å². The quantitative estimate of drug-likeness (QED) is 0.896. The second-order valence-electron chi connectivity index (χ2n) is 5.83. The van der Waals surface area contributed by atoms with Gasteiger partial charge < -0.3 is 10.4 Å². The van der Waals surface area contributed by atoms with Gasteiger partial charge in [0.05, 0.1) is 0 Å². The van der Waals surface area contributed by atoms with E-state index in [1.54, 1.807) is 11.8 Å². The minimum atomic E-state index is -1.14. The van der Waals surface area contributed by atoms with Gasteiger partial charge in [-0.1, -0.05) is 24.3 Å². The van der Waals surface area contributed by atoms with Gasteiger partial charge in [-0.15, -0.1) is 0 Å². The number of thioether (sulfide) groups is 1. The second kappa shape index (κ2) is 5.78. The molecule has 1 heterocycles. The molecule has 1 aliphatic carbocycles. The van der Waals surface area contributed by atoms with Crippen LogP contribution in [0.1, 0.15) is 36.3 Å². The monoisotopic (exact) mass is 291 g/mol. The number of aryl methyl sites for hydroxylation is 1. The number of nitrogens with one attached hydrogen (secondary N) is 1. The third-order valence-corrected chi connectivity index (χ3v) is 5.60. The number of carbonyl (C=O) groups excluding carboxylic acids is 1. The van der Waals surface area contributed by atoms with E-state index in [9.17, 15) is 9.90 Å². The maximum absolute atomic E-state index is 12.1. The van der Waals surface area contributed by atoms with Gasteiger partial charge in [0.1, 0.15) is 0 Å². The van der Waals surface area contributed by atoms with Crippen molar-refractivity contribution < 1.29 is 9.90 Å². The van der Waals surface area contributed by atoms with Crippen LogP contribution in [0.25, 0.3) is 0 Å². The number of fused-ring (bicyclic) bond motifs is 1. The summed E-state index contributed by atoms with van der Waals surface area (Å²) in [6.45, 7) is 0.642. The summed E-state index contributed by atoms with van der Waals surface area (Å²) in [5.41, 5.74) is 1.64. The third kappa shape index (κ3) is 2.72. The van der Waals surface area contributed by atoms with Crippen molar-refractivity contribution in [2.45, 2.75) is 37.2 Å². The van der Waals surface area contributed by atoms with Crippen molar-refractivity contribution in [3.05, 3.63) is 35.4 Å². The van der Waals surface area contributed by atoms with Gasteiger partial charge in [0.2, 0.25) is 0 Å². The highest BCUT2D eigenvalue weighted by Crippen LogP contribution is 2.32. The lowest BCUT2D eigenvalue weighted by atomic mass is 9.83. The van der Waals surface area contributed by atoms with Crippen LogP contribution in [0.2, 0.25) is 0 Å². The van der Waals surface area contributed by atoms with Crippen molar-refractivity contribution in [1.29, 1.82) is 0 Å². The van der Waals surface area contributed by atoms with E-state index in [2.05, 4.69) is 29.6 Å². The maximum Gasteiger partial charge on any atom is 0.252 e. The Morgan fingerprint density at radius 2 is 2.30 bits per heavy atom. The van der Waals surface area contributed by atoms with Crippen LogP contribution in [0.3, 0.4) is 0 Å². The second-order valence-corrected chi connectivity index (χ2v) is 6.94. The van der Waals surface area contributed by atoms with E-state index >= 15 is 0 Å². The fourth-order valence-corrected chi connectivity index (χ4v) is 4.42. The van der Waals surface area contributed by atoms with Crippen LogP contribution in [0.4, 0.5) is 0 Å². The summed E-state index contributed by atoms with van der Waals surface area (Å²) in [6.07, 6.45) is 4.01. The topological polar surface area (TPSA) is 49.3 Å². The van der Waals surface area contributed by atoms with E-state index < -0.39 is 5.60 Å². The molecule has 0 saturated carbocycles. The van der Waals surface area contributed by atoms with Crippen LogP contribution >= 0.6 is 11.8 Å². The summed E-state index contributed by atoms with van der Waals surface area (Å²) in [5.74, 6) is 1.60. The Hall–Kier alpha value is -1.00. The Morgan fingerprint density at radius 3 is 3.10 bits per heavy atom. The Labute approximate surface area is 124 Å². The zero-order valence-corrected chi connectivity index (χ0v) is 12.4. The number of aliphatic hydroxyl groups is 1. The SMILES string of the molecule is O=C(NCC1CCCc2ccccc21)C1(O)CCSC1. The van der Waals surface area contributed by atoms with Crippen molar-refractivity contribution in [2.75, 3.05) is 18.1 Å². The van der Waals surface area contributed by atoms with Gasteiger partial charge in [0.25, 0.3) is 5.91 Å². The van der Waals surface area contributed by atoms with Crippen molar-refractivity contribution >= 4 is 17.7 Å². The zero-order chi connectivity index (χ0) is 14.0. The van der Waals surface area contributed by atoms with E-state index in [0.717, 1.165) is 18.6 Å². The number of benzene rings is 1. The van der Waals surface area contributed by atoms with Gasteiger partial charge in [0, 0.05) is 18.2 Å². The summed E-state index contributed by atoms with van der Waals surface area (Å²) < 4.78 is 0. The molecule has 1 saturated heterocycles. The van der Waals surface area contributed by atoms with Crippen molar-refractivity contribution in [2.24, 2.45) is 0 Å². The zero-order valence-electron chi connectivity index (χ0n) is 11.6. The predicted octanol–water partition coefficient (Wildman–Crippen LogP) is 2.09. The van der Waals surface area contributed by atoms with Crippen molar-refractivity contribution in [3.63, 3.8) is 0 Å². The first-order valence-electron chi connectivity index (χ1n) is 7.35. The molecule has 1 aliphatic heterocycles. The smallest absolute Gasteiger partial charge is 0.252 e. The lowest BCUT2D eigenvalue weighted by Gasteiger charge is -2.27. The van der Waals surface area contributed by atoms with E-state index in [-0.39, 0.29) is 5.91 Å². The largest absolute Gasteiger partial charge is 0.379 e. The lowest BCUT2D eigenvalue weighted by Crippen LogP contribution is -2.48. The van der Waals surface area contributed by atoms with Crippen LogP contribution in [-0.4, -0.2) is 34.7 Å². The Kier molecular flexibility index (Phi) is 4.03. The molecule has 1 fully saturated rings. The van der Waals surface area contributed by atoms with E-state index in [1.807, 2.05) is 0 Å². The van der Waals surface area contributed by atoms with Crippen molar-refractivity contribution in [3.8, 4) is 0 Å². The molecule has 4 heteroatoms. The molecule has 0 bridgehead atoms. The number of carbonyl (C=O) groups is 1. The molecule has 3 nitrogen and oxygen atoms in total. The fourth-order valence-electron chi connectivity index (χ4n) is 3.18. The van der Waals surface area contributed by atoms with Gasteiger partial charge in [-0.05, 0) is 42.6 Å². The molecule has 3 rings (SSSR count). The molecule has 0 radical (unpaired) electrons. The number of hydrogen-bond acceptors (Lipinski definition) is 3. The van der Waals surface area contributed by atoms with Gasteiger partial charge in [-0.3, -0.25) is 4.79 Å². The molecular weight excluding hydrogens is 270 g/mol. The summed E-state index contributed by atoms with van der Waals surface area (Å²) in [6, 6.07) is 8.51. The van der Waals surface area contributed by atoms with Gasteiger partial charge >= 0.3 is 0 Å². The number of rotatable bonds is 3. The van der Waals surface area contributed by atoms with Gasteiger partial charge in [-0.25, -0.2) is 0 Å². The predicted molar refractivity (Wildman–Crippen MR) is 82.0 cm³/mol. The van der Waals surface area contributed by atoms with E-state index in [4.69, 9.17) is 0 Å². The first-order valence-corrected chi connectivity index (χ1v) is 8.51. The maximum atomic E-state index is 12.1. The summed E-state index contributed by atoms with van der Waals surface area (Å²) >= 11 is 1.65. The first kappa shape index (κ1) is 14.0. The molecule has 2 aliphatic rings. The summed E-state index contributed by atoms with van der Waals surface area (Å²) in [4.78, 5) is 12.1. The molecule has 2 unspecified atom stereocenters. The van der Waals surface area contributed by atoms with Crippen LogP contribution in [0.15, 0.2) is 24.3 Å². The molecule has 1 aromatic rings. The highest BCUT2D eigenvalue weighted by molar-refractivity contribution is 7.99. The Bertz CT molecular complexity index is 497. The average Bonchev–Trinajstić information content (AvgIpc) is 2.93. The van der Waals surface area contributed by atoms with Gasteiger partial charge in [-0.2, -0.15) is 11.8 Å². The van der Waals surface area contributed by atoms with Crippen molar-refractivity contribution in [1.82, 2.24) is 5.32 Å². The molecule has 0 spiro atoms. The number of amides is 1. The normalized spacial score (nSPS) is 28.9. The Balaban J connectivity index is 1.63. The molecule has 20 heavy (non-hydrogen) atoms. The van der Waals surface area contributed by atoms with Crippen LogP contribution in [0.5, 0.6) is 0 Å². The van der Waals surface area contributed by atoms with Crippen LogP contribution in [-0.2, 0) is 11.2 Å². The molecule has 108 valence electrons. The summed E-state index contributed by atoms with van der Waals surface area (Å²) in [5, 5.41) is 13.2. The molecule has 1 amide bonds. The molecule has 2 atom stereocenters. The fraction of sp³-hybridized carbons (Fsp3) is 0.562. The standard InChI is InChI=1S/C16H21NO2S/c18-15(16(19)8-9-20-11-16)17-10-13-6-3-5-12-4-1-2-7-14(12)13/h1-2,4,7,13,19H,3,5-6,8-11H2,(H,17,18). The minimum Gasteiger partial charge on any atom is -0.379 e. The van der Waals surface area contributed by atoms with Gasteiger partial charge in [0.15, 0.2) is 5.60 Å². The highest BCUT2D eigenvalue weighted by atomic mass is 32.2. The lowest BCUT2D eigenvalue weighted by molar-refractivity contribution is -0.137.